The summed E-state index contributed by atoms with van der Waals surface area (Å²) in [6, 6.07) is 26.7. The van der Waals surface area contributed by atoms with Crippen LogP contribution in [0.3, 0.4) is 0 Å². The van der Waals surface area contributed by atoms with E-state index in [1.165, 1.54) is 0 Å². The van der Waals surface area contributed by atoms with Crippen molar-refractivity contribution in [2.45, 2.75) is 0 Å². The third kappa shape index (κ3) is 4.34. The number of fused-ring (bicyclic) bond motifs is 1. The molecule has 4 rings (SSSR count). The lowest BCUT2D eigenvalue weighted by atomic mass is 10.0. The van der Waals surface area contributed by atoms with E-state index in [1.54, 1.807) is 6.07 Å². The van der Waals surface area contributed by atoms with Crippen molar-refractivity contribution in [3.05, 3.63) is 95.0 Å². The summed E-state index contributed by atoms with van der Waals surface area (Å²) >= 11 is 8.80. The van der Waals surface area contributed by atoms with Gasteiger partial charge >= 0.3 is 0 Å². The van der Waals surface area contributed by atoms with Gasteiger partial charge in [-0.15, -0.1) is 0 Å². The van der Waals surface area contributed by atoms with Crippen LogP contribution in [-0.2, 0) is 0 Å². The minimum Gasteiger partial charge on any atom is -0.331 e. The second-order valence-electron chi connectivity index (χ2n) is 6.33. The van der Waals surface area contributed by atoms with Crippen LogP contribution >= 0.6 is 28.1 Å². The third-order valence-electron chi connectivity index (χ3n) is 4.38. The lowest BCUT2D eigenvalue weighted by Crippen LogP contribution is -2.34. The maximum absolute atomic E-state index is 13.0. The maximum Gasteiger partial charge on any atom is 0.258 e. The van der Waals surface area contributed by atoms with Crippen LogP contribution in [0.2, 0.25) is 0 Å². The Morgan fingerprint density at radius 1 is 0.897 bits per heavy atom. The number of para-hydroxylation sites is 2. The number of amides is 1. The summed E-state index contributed by atoms with van der Waals surface area (Å²) in [5.74, 6) is -0.287. The molecule has 0 spiro atoms. The Morgan fingerprint density at radius 3 is 2.38 bits per heavy atom. The van der Waals surface area contributed by atoms with E-state index < -0.39 is 0 Å². The second kappa shape index (κ2) is 8.51. The van der Waals surface area contributed by atoms with E-state index in [0.29, 0.717) is 5.56 Å². The van der Waals surface area contributed by atoms with E-state index in [0.717, 1.165) is 32.3 Å². The van der Waals surface area contributed by atoms with Gasteiger partial charge in [0.1, 0.15) is 0 Å². The van der Waals surface area contributed by atoms with Crippen molar-refractivity contribution >= 4 is 55.8 Å². The Balaban J connectivity index is 1.66. The molecule has 142 valence electrons. The van der Waals surface area contributed by atoms with Crippen molar-refractivity contribution in [1.82, 2.24) is 10.3 Å². The lowest BCUT2D eigenvalue weighted by Gasteiger charge is -2.13. The molecule has 29 heavy (non-hydrogen) atoms. The van der Waals surface area contributed by atoms with E-state index in [4.69, 9.17) is 17.2 Å². The van der Waals surface area contributed by atoms with Gasteiger partial charge in [0.15, 0.2) is 5.11 Å². The number of carbonyl (C=O) groups excluding carboxylic acids is 1. The average molecular weight is 462 g/mol. The molecule has 0 fully saturated rings. The molecule has 0 unspecified atom stereocenters. The van der Waals surface area contributed by atoms with Crippen molar-refractivity contribution in [3.63, 3.8) is 0 Å². The first kappa shape index (κ1) is 19.2. The summed E-state index contributed by atoms with van der Waals surface area (Å²) < 4.78 is 0.859. The lowest BCUT2D eigenvalue weighted by molar-refractivity contribution is 0.0979. The van der Waals surface area contributed by atoms with Crippen molar-refractivity contribution < 1.29 is 4.79 Å². The van der Waals surface area contributed by atoms with Gasteiger partial charge in [0, 0.05) is 15.4 Å². The molecule has 0 aliphatic heterocycles. The first-order chi connectivity index (χ1) is 14.1. The normalized spacial score (nSPS) is 10.5. The Morgan fingerprint density at radius 2 is 1.59 bits per heavy atom. The Labute approximate surface area is 182 Å². The Hall–Kier alpha value is -3.09. The fourth-order valence-electron chi connectivity index (χ4n) is 3.01. The molecule has 0 saturated carbocycles. The van der Waals surface area contributed by atoms with Crippen LogP contribution < -0.4 is 10.6 Å². The zero-order chi connectivity index (χ0) is 20.2. The summed E-state index contributed by atoms with van der Waals surface area (Å²) in [4.78, 5) is 17.8. The van der Waals surface area contributed by atoms with Crippen LogP contribution in [0.5, 0.6) is 0 Å². The van der Waals surface area contributed by atoms with Gasteiger partial charge in [-0.1, -0.05) is 60.7 Å². The standard InChI is InChI=1S/C23H16BrN3OS/c24-18-11-5-7-13-20(18)26-23(29)27-22(28)17-14-21(15-8-2-1-3-9-15)25-19-12-6-4-10-16(17)19/h1-14H,(H2,26,27,28,29). The monoisotopic (exact) mass is 461 g/mol. The minimum atomic E-state index is -0.287. The first-order valence-corrected chi connectivity index (χ1v) is 10.1. The number of hydrogen-bond donors (Lipinski definition) is 2. The number of benzene rings is 3. The van der Waals surface area contributed by atoms with Gasteiger partial charge in [-0.05, 0) is 52.4 Å². The molecule has 6 heteroatoms. The van der Waals surface area contributed by atoms with Gasteiger partial charge in [0.25, 0.3) is 5.91 Å². The highest BCUT2D eigenvalue weighted by molar-refractivity contribution is 9.10. The molecule has 1 aromatic heterocycles. The smallest absolute Gasteiger partial charge is 0.258 e. The number of nitrogens with zero attached hydrogens (tertiary/aromatic N) is 1. The number of nitrogens with one attached hydrogen (secondary N) is 2. The predicted octanol–water partition coefficient (Wildman–Crippen LogP) is 5.79. The highest BCUT2D eigenvalue weighted by atomic mass is 79.9. The zero-order valence-corrected chi connectivity index (χ0v) is 17.6. The SMILES string of the molecule is O=C(NC(=S)Nc1ccccc1Br)c1cc(-c2ccccc2)nc2ccccc12. The maximum atomic E-state index is 13.0. The summed E-state index contributed by atoms with van der Waals surface area (Å²) in [6.07, 6.45) is 0. The predicted molar refractivity (Wildman–Crippen MR) is 125 cm³/mol. The highest BCUT2D eigenvalue weighted by Crippen LogP contribution is 2.25. The van der Waals surface area contributed by atoms with Crippen molar-refractivity contribution in [3.8, 4) is 11.3 Å². The molecule has 0 aliphatic rings. The quantitative estimate of drug-likeness (QED) is 0.379. The van der Waals surface area contributed by atoms with E-state index in [9.17, 15) is 4.79 Å². The summed E-state index contributed by atoms with van der Waals surface area (Å²) in [5, 5.41) is 6.82. The summed E-state index contributed by atoms with van der Waals surface area (Å²) in [7, 11) is 0. The van der Waals surface area contributed by atoms with Crippen LogP contribution in [0.15, 0.2) is 89.4 Å². The molecule has 0 bridgehead atoms. The molecule has 0 radical (unpaired) electrons. The molecular weight excluding hydrogens is 446 g/mol. The Bertz CT molecular complexity index is 1210. The van der Waals surface area contributed by atoms with Gasteiger partial charge < -0.3 is 5.32 Å². The third-order valence-corrected chi connectivity index (χ3v) is 5.28. The van der Waals surface area contributed by atoms with Crippen molar-refractivity contribution in [2.75, 3.05) is 5.32 Å². The van der Waals surface area contributed by atoms with Gasteiger partial charge in [-0.2, -0.15) is 0 Å². The van der Waals surface area contributed by atoms with Crippen LogP contribution in [0, 0.1) is 0 Å². The number of thiocarbonyl (C=S) groups is 1. The number of carbonyl (C=O) groups is 1. The topological polar surface area (TPSA) is 54.0 Å². The first-order valence-electron chi connectivity index (χ1n) is 8.94. The van der Waals surface area contributed by atoms with Crippen LogP contribution in [0.1, 0.15) is 10.4 Å². The van der Waals surface area contributed by atoms with Crippen LogP contribution in [0.25, 0.3) is 22.2 Å². The zero-order valence-electron chi connectivity index (χ0n) is 15.2. The number of pyridine rings is 1. The highest BCUT2D eigenvalue weighted by Gasteiger charge is 2.15. The number of hydrogen-bond acceptors (Lipinski definition) is 3. The van der Waals surface area contributed by atoms with Crippen LogP contribution in [0.4, 0.5) is 5.69 Å². The van der Waals surface area contributed by atoms with Gasteiger partial charge in [0.2, 0.25) is 0 Å². The van der Waals surface area contributed by atoms with E-state index >= 15 is 0 Å². The number of rotatable bonds is 3. The molecule has 4 aromatic rings. The van der Waals surface area contributed by atoms with E-state index in [-0.39, 0.29) is 11.0 Å². The molecule has 1 heterocycles. The van der Waals surface area contributed by atoms with Gasteiger partial charge in [-0.25, -0.2) is 4.98 Å². The molecule has 2 N–H and O–H groups in total. The molecule has 4 nitrogen and oxygen atoms in total. The van der Waals surface area contributed by atoms with E-state index in [1.807, 2.05) is 78.9 Å². The molecular formula is C23H16BrN3OS. The second-order valence-corrected chi connectivity index (χ2v) is 7.59. The number of aromatic nitrogens is 1. The van der Waals surface area contributed by atoms with Crippen molar-refractivity contribution in [2.24, 2.45) is 0 Å². The average Bonchev–Trinajstić information content (AvgIpc) is 2.75. The van der Waals surface area contributed by atoms with Gasteiger partial charge in [0.05, 0.1) is 22.5 Å². The van der Waals surface area contributed by atoms with E-state index in [2.05, 4.69) is 26.6 Å². The summed E-state index contributed by atoms with van der Waals surface area (Å²) in [6.45, 7) is 0. The molecule has 0 saturated heterocycles. The largest absolute Gasteiger partial charge is 0.331 e. The van der Waals surface area contributed by atoms with Gasteiger partial charge in [-0.3, -0.25) is 10.1 Å². The minimum absolute atomic E-state index is 0.226. The molecule has 1 amide bonds. The Kier molecular flexibility index (Phi) is 5.64. The van der Waals surface area contributed by atoms with Crippen molar-refractivity contribution in [1.29, 1.82) is 0 Å². The fraction of sp³-hybridized carbons (Fsp3) is 0. The molecule has 0 aliphatic carbocycles. The molecule has 0 atom stereocenters. The fourth-order valence-corrected chi connectivity index (χ4v) is 3.59. The summed E-state index contributed by atoms with van der Waals surface area (Å²) in [5.41, 5.74) is 3.73. The molecule has 3 aromatic carbocycles. The number of anilines is 1. The number of halogens is 1. The van der Waals surface area contributed by atoms with Crippen LogP contribution in [-0.4, -0.2) is 16.0 Å².